The Bertz CT molecular complexity index is 1360. The summed E-state index contributed by atoms with van der Waals surface area (Å²) in [6.45, 7) is 2.82. The van der Waals surface area contributed by atoms with Gasteiger partial charge in [-0.25, -0.2) is 4.39 Å². The highest BCUT2D eigenvalue weighted by Gasteiger charge is 2.29. The number of rotatable bonds is 6. The molecule has 1 amide bonds. The van der Waals surface area contributed by atoms with Crippen LogP contribution in [0.1, 0.15) is 10.4 Å². The van der Waals surface area contributed by atoms with Gasteiger partial charge in [-0.1, -0.05) is 30.3 Å². The quantitative estimate of drug-likeness (QED) is 0.429. The molecule has 0 unspecified atom stereocenters. The van der Waals surface area contributed by atoms with Crippen molar-refractivity contribution in [1.29, 1.82) is 0 Å². The second-order valence-corrected chi connectivity index (χ2v) is 8.45. The molecule has 0 aliphatic carbocycles. The number of amides is 1. The molecule has 0 atom stereocenters. The summed E-state index contributed by atoms with van der Waals surface area (Å²) in [6.07, 6.45) is 3.45. The van der Waals surface area contributed by atoms with E-state index in [9.17, 15) is 14.0 Å². The number of carbonyl (C=O) groups excluding carboxylic acids is 1. The van der Waals surface area contributed by atoms with Crippen LogP contribution in [-0.2, 0) is 11.3 Å². The first-order valence-electron chi connectivity index (χ1n) is 11.5. The van der Waals surface area contributed by atoms with Gasteiger partial charge in [-0.05, 0) is 24.3 Å². The molecule has 0 bridgehead atoms. The summed E-state index contributed by atoms with van der Waals surface area (Å²) in [6, 6.07) is 15.8. The van der Waals surface area contributed by atoms with Gasteiger partial charge in [0.1, 0.15) is 11.5 Å². The number of pyridine rings is 1. The third-order valence-corrected chi connectivity index (χ3v) is 6.27. The SMILES string of the molecule is COCCn1cc(C(=O)N2CCN(c3ccccc3F)CC2)c2nn(-c3ccccc3)c(=O)c-2c1. The van der Waals surface area contributed by atoms with E-state index in [2.05, 4.69) is 5.10 Å². The number of hydrogen-bond donors (Lipinski definition) is 0. The summed E-state index contributed by atoms with van der Waals surface area (Å²) in [5.74, 6) is -0.474. The molecule has 0 radical (unpaired) electrons. The summed E-state index contributed by atoms with van der Waals surface area (Å²) < 4.78 is 22.5. The van der Waals surface area contributed by atoms with E-state index in [1.54, 1.807) is 59.3 Å². The predicted molar refractivity (Wildman–Crippen MR) is 131 cm³/mol. The average Bonchev–Trinajstić information content (AvgIpc) is 3.24. The van der Waals surface area contributed by atoms with Crippen LogP contribution in [0.4, 0.5) is 10.1 Å². The van der Waals surface area contributed by atoms with Crippen molar-refractivity contribution in [2.75, 3.05) is 44.8 Å². The molecule has 2 aromatic rings. The summed E-state index contributed by atoms with van der Waals surface area (Å²) in [5, 5.41) is 4.55. The van der Waals surface area contributed by atoms with Crippen LogP contribution in [0.3, 0.4) is 0 Å². The summed E-state index contributed by atoms with van der Waals surface area (Å²) in [4.78, 5) is 30.5. The zero-order chi connectivity index (χ0) is 24.4. The molecule has 3 aliphatic rings. The number of nitrogens with zero attached hydrogens (tertiary/aromatic N) is 5. The van der Waals surface area contributed by atoms with E-state index < -0.39 is 0 Å². The van der Waals surface area contributed by atoms with E-state index in [4.69, 9.17) is 4.74 Å². The van der Waals surface area contributed by atoms with Crippen LogP contribution in [0.5, 0.6) is 0 Å². The monoisotopic (exact) mass is 475 g/mol. The normalized spacial score (nSPS) is 14.0. The molecule has 5 rings (SSSR count). The first kappa shape index (κ1) is 22.8. The number of halogens is 1. The van der Waals surface area contributed by atoms with Gasteiger partial charge < -0.3 is 19.1 Å². The van der Waals surface area contributed by atoms with E-state index >= 15 is 0 Å². The molecule has 180 valence electrons. The van der Waals surface area contributed by atoms with E-state index in [0.717, 1.165) is 0 Å². The second kappa shape index (κ2) is 9.71. The van der Waals surface area contributed by atoms with Gasteiger partial charge in [0.2, 0.25) is 0 Å². The number of hydrogen-bond acceptors (Lipinski definition) is 5. The molecule has 2 aromatic carbocycles. The smallest absolute Gasteiger partial charge is 0.282 e. The average molecular weight is 476 g/mol. The number of piperazine rings is 1. The van der Waals surface area contributed by atoms with E-state index in [-0.39, 0.29) is 17.3 Å². The Kier molecular flexibility index (Phi) is 6.33. The number of methoxy groups -OCH3 is 1. The third-order valence-electron chi connectivity index (χ3n) is 6.27. The van der Waals surface area contributed by atoms with Gasteiger partial charge in [0, 0.05) is 52.2 Å². The molecule has 1 fully saturated rings. The maximum absolute atomic E-state index is 14.2. The van der Waals surface area contributed by atoms with Crippen molar-refractivity contribution in [3.8, 4) is 16.9 Å². The molecule has 0 N–H and O–H groups in total. The Morgan fingerprint density at radius 2 is 1.71 bits per heavy atom. The minimum atomic E-state index is -0.281. The highest BCUT2D eigenvalue weighted by Crippen LogP contribution is 2.25. The van der Waals surface area contributed by atoms with E-state index in [1.807, 2.05) is 23.1 Å². The van der Waals surface area contributed by atoms with Gasteiger partial charge in [0.15, 0.2) is 0 Å². The standard InChI is InChI=1S/C26H26FN5O3/c1-35-16-15-29-17-20(24-21(18-29)26(34)32(28-24)19-7-3-2-4-8-19)25(33)31-13-11-30(12-14-31)23-10-6-5-9-22(23)27/h2-10,17-18H,11-16H2,1H3. The fourth-order valence-corrected chi connectivity index (χ4v) is 4.42. The van der Waals surface area contributed by atoms with Crippen molar-refractivity contribution in [1.82, 2.24) is 19.2 Å². The number of benzene rings is 2. The largest absolute Gasteiger partial charge is 0.383 e. The Labute approximate surface area is 202 Å². The van der Waals surface area contributed by atoms with Gasteiger partial charge in [-0.2, -0.15) is 9.78 Å². The molecular weight excluding hydrogens is 449 g/mol. The molecule has 8 nitrogen and oxygen atoms in total. The first-order chi connectivity index (χ1) is 17.1. The lowest BCUT2D eigenvalue weighted by molar-refractivity contribution is 0.0746. The topological polar surface area (TPSA) is 72.6 Å². The van der Waals surface area contributed by atoms with Crippen molar-refractivity contribution < 1.29 is 13.9 Å². The van der Waals surface area contributed by atoms with Crippen LogP contribution >= 0.6 is 0 Å². The van der Waals surface area contributed by atoms with Crippen LogP contribution in [0.25, 0.3) is 16.9 Å². The van der Waals surface area contributed by atoms with Gasteiger partial charge in [0.05, 0.1) is 29.1 Å². The number of ether oxygens (including phenoxy) is 1. The second-order valence-electron chi connectivity index (χ2n) is 8.45. The zero-order valence-electron chi connectivity index (χ0n) is 19.4. The fraction of sp³-hybridized carbons (Fsp3) is 0.269. The lowest BCUT2D eigenvalue weighted by Gasteiger charge is -2.36. The van der Waals surface area contributed by atoms with Crippen LogP contribution < -0.4 is 10.5 Å². The Morgan fingerprint density at radius 1 is 1.00 bits per heavy atom. The lowest BCUT2D eigenvalue weighted by atomic mass is 10.1. The van der Waals surface area contributed by atoms with Gasteiger partial charge in [-0.15, -0.1) is 0 Å². The molecule has 0 saturated carbocycles. The molecule has 3 heterocycles. The molecule has 0 aromatic heterocycles. The summed E-state index contributed by atoms with van der Waals surface area (Å²) >= 11 is 0. The molecule has 0 spiro atoms. The Morgan fingerprint density at radius 3 is 2.43 bits per heavy atom. The van der Waals surface area contributed by atoms with E-state index in [0.29, 0.717) is 67.5 Å². The minimum absolute atomic E-state index is 0.201. The van der Waals surface area contributed by atoms with Crippen molar-refractivity contribution in [3.63, 3.8) is 0 Å². The van der Waals surface area contributed by atoms with Gasteiger partial charge in [0.25, 0.3) is 11.5 Å². The van der Waals surface area contributed by atoms with Crippen molar-refractivity contribution >= 4 is 11.6 Å². The number of para-hydroxylation sites is 2. The molecule has 1 saturated heterocycles. The Hall–Kier alpha value is -3.98. The lowest BCUT2D eigenvalue weighted by Crippen LogP contribution is -2.49. The van der Waals surface area contributed by atoms with Gasteiger partial charge in [-0.3, -0.25) is 9.59 Å². The maximum atomic E-state index is 14.2. The van der Waals surface area contributed by atoms with Crippen molar-refractivity contribution in [2.45, 2.75) is 6.54 Å². The highest BCUT2D eigenvalue weighted by atomic mass is 19.1. The predicted octanol–water partition coefficient (Wildman–Crippen LogP) is 2.89. The molecule has 35 heavy (non-hydrogen) atoms. The summed E-state index contributed by atoms with van der Waals surface area (Å²) in [7, 11) is 1.60. The van der Waals surface area contributed by atoms with Crippen molar-refractivity contribution in [3.05, 3.63) is 88.7 Å². The molecule has 3 aliphatic heterocycles. The number of aromatic nitrogens is 3. The number of fused-ring (bicyclic) bond motifs is 1. The van der Waals surface area contributed by atoms with Crippen LogP contribution in [-0.4, -0.2) is 65.1 Å². The minimum Gasteiger partial charge on any atom is -0.383 e. The summed E-state index contributed by atoms with van der Waals surface area (Å²) in [5.41, 5.74) is 2.00. The molecule has 9 heteroatoms. The van der Waals surface area contributed by atoms with Crippen LogP contribution in [0.15, 0.2) is 71.8 Å². The highest BCUT2D eigenvalue weighted by molar-refractivity contribution is 6.00. The third kappa shape index (κ3) is 4.42. The number of carbonyl (C=O) groups is 1. The van der Waals surface area contributed by atoms with Crippen LogP contribution in [0.2, 0.25) is 0 Å². The maximum Gasteiger partial charge on any atom is 0.282 e. The first-order valence-corrected chi connectivity index (χ1v) is 11.5. The van der Waals surface area contributed by atoms with Crippen molar-refractivity contribution in [2.24, 2.45) is 0 Å². The zero-order valence-corrected chi connectivity index (χ0v) is 19.4. The van der Waals surface area contributed by atoms with E-state index in [1.165, 1.54) is 10.7 Å². The number of anilines is 1. The van der Waals surface area contributed by atoms with Gasteiger partial charge >= 0.3 is 0 Å². The molecular formula is C26H26FN5O3. The fourth-order valence-electron chi connectivity index (χ4n) is 4.42. The Balaban J connectivity index is 1.47. The van der Waals surface area contributed by atoms with Crippen LogP contribution in [0, 0.1) is 5.82 Å².